The van der Waals surface area contributed by atoms with E-state index in [0.717, 1.165) is 25.9 Å². The number of rotatable bonds is 4. The van der Waals surface area contributed by atoms with Gasteiger partial charge in [0.2, 0.25) is 0 Å². The summed E-state index contributed by atoms with van der Waals surface area (Å²) in [5.41, 5.74) is 0. The van der Waals surface area contributed by atoms with Gasteiger partial charge in [-0.1, -0.05) is 31.7 Å². The van der Waals surface area contributed by atoms with Gasteiger partial charge in [0.1, 0.15) is 0 Å². The molecule has 1 aromatic heterocycles. The smallest absolute Gasteiger partial charge is 0.317 e. The molecule has 4 heteroatoms. The summed E-state index contributed by atoms with van der Waals surface area (Å²) in [5.74, 6) is 0. The zero-order chi connectivity index (χ0) is 13.5. The first-order valence-corrected chi connectivity index (χ1v) is 8.25. The first-order chi connectivity index (χ1) is 9.29. The third-order valence-electron chi connectivity index (χ3n) is 3.78. The molecule has 0 unspecified atom stereocenters. The summed E-state index contributed by atoms with van der Waals surface area (Å²) < 4.78 is 0. The fraction of sp³-hybridized carbons (Fsp3) is 0.667. The van der Waals surface area contributed by atoms with Crippen LogP contribution in [0.3, 0.4) is 0 Å². The van der Waals surface area contributed by atoms with Gasteiger partial charge < -0.3 is 10.2 Å². The van der Waals surface area contributed by atoms with Crippen molar-refractivity contribution in [3.8, 4) is 0 Å². The van der Waals surface area contributed by atoms with Crippen molar-refractivity contribution in [1.29, 1.82) is 0 Å². The maximum absolute atomic E-state index is 12.3. The average molecular weight is 280 g/mol. The molecular formula is C15H24N2OS. The van der Waals surface area contributed by atoms with Gasteiger partial charge in [0.05, 0.1) is 6.54 Å². The fourth-order valence-electron chi connectivity index (χ4n) is 2.61. The second-order valence-corrected chi connectivity index (χ2v) is 6.26. The van der Waals surface area contributed by atoms with Crippen molar-refractivity contribution in [3.63, 3.8) is 0 Å². The molecule has 19 heavy (non-hydrogen) atoms. The Morgan fingerprint density at radius 3 is 2.68 bits per heavy atom. The van der Waals surface area contributed by atoms with E-state index in [0.29, 0.717) is 6.04 Å². The molecule has 1 fully saturated rings. The van der Waals surface area contributed by atoms with Crippen LogP contribution in [0.15, 0.2) is 17.5 Å². The van der Waals surface area contributed by atoms with Crippen LogP contribution in [-0.4, -0.2) is 23.5 Å². The largest absolute Gasteiger partial charge is 0.335 e. The van der Waals surface area contributed by atoms with Crippen molar-refractivity contribution in [2.45, 2.75) is 58.0 Å². The zero-order valence-electron chi connectivity index (χ0n) is 11.7. The minimum absolute atomic E-state index is 0.0998. The Bertz CT molecular complexity index is 370. The molecule has 1 aromatic rings. The van der Waals surface area contributed by atoms with Gasteiger partial charge in [-0.25, -0.2) is 4.79 Å². The van der Waals surface area contributed by atoms with Crippen molar-refractivity contribution in [2.75, 3.05) is 6.54 Å². The van der Waals surface area contributed by atoms with Crippen LogP contribution in [0.5, 0.6) is 0 Å². The average Bonchev–Trinajstić information content (AvgIpc) is 2.79. The Morgan fingerprint density at radius 1 is 1.37 bits per heavy atom. The first kappa shape index (κ1) is 14.4. The van der Waals surface area contributed by atoms with E-state index in [2.05, 4.69) is 16.8 Å². The van der Waals surface area contributed by atoms with Crippen molar-refractivity contribution < 1.29 is 4.79 Å². The van der Waals surface area contributed by atoms with Crippen LogP contribution in [0.4, 0.5) is 4.79 Å². The highest BCUT2D eigenvalue weighted by Crippen LogP contribution is 2.18. The van der Waals surface area contributed by atoms with Gasteiger partial charge in [-0.3, -0.25) is 0 Å². The normalized spacial score (nSPS) is 16.9. The maximum Gasteiger partial charge on any atom is 0.317 e. The van der Waals surface area contributed by atoms with Crippen LogP contribution in [-0.2, 0) is 6.54 Å². The molecule has 0 aliphatic heterocycles. The highest BCUT2D eigenvalue weighted by atomic mass is 32.1. The van der Waals surface area contributed by atoms with Crippen LogP contribution in [0.1, 0.15) is 50.3 Å². The fourth-order valence-corrected chi connectivity index (χ4v) is 3.33. The van der Waals surface area contributed by atoms with Crippen molar-refractivity contribution >= 4 is 17.4 Å². The number of carbonyl (C=O) groups excluding carboxylic acids is 1. The van der Waals surface area contributed by atoms with E-state index in [1.807, 2.05) is 17.9 Å². The molecule has 0 spiro atoms. The molecule has 2 rings (SSSR count). The minimum atomic E-state index is 0.0998. The molecule has 1 heterocycles. The quantitative estimate of drug-likeness (QED) is 0.831. The van der Waals surface area contributed by atoms with Crippen molar-refractivity contribution in [1.82, 2.24) is 10.2 Å². The zero-order valence-corrected chi connectivity index (χ0v) is 12.5. The number of thiophene rings is 1. The lowest BCUT2D eigenvalue weighted by molar-refractivity contribution is 0.193. The van der Waals surface area contributed by atoms with Crippen LogP contribution < -0.4 is 5.32 Å². The van der Waals surface area contributed by atoms with Gasteiger partial charge in [0.15, 0.2) is 0 Å². The molecular weight excluding hydrogens is 256 g/mol. The Kier molecular flexibility index (Phi) is 5.70. The molecule has 0 aromatic carbocycles. The summed E-state index contributed by atoms with van der Waals surface area (Å²) in [7, 11) is 0. The van der Waals surface area contributed by atoms with Gasteiger partial charge in [-0.2, -0.15) is 0 Å². The summed E-state index contributed by atoms with van der Waals surface area (Å²) in [5, 5.41) is 5.28. The van der Waals surface area contributed by atoms with Crippen LogP contribution >= 0.6 is 11.3 Å². The number of urea groups is 1. The van der Waals surface area contributed by atoms with Gasteiger partial charge in [-0.05, 0) is 31.2 Å². The monoisotopic (exact) mass is 280 g/mol. The molecule has 1 N–H and O–H groups in total. The van der Waals surface area contributed by atoms with Gasteiger partial charge in [0, 0.05) is 17.5 Å². The van der Waals surface area contributed by atoms with Crippen LogP contribution in [0.25, 0.3) is 0 Å². The lowest BCUT2D eigenvalue weighted by atomic mass is 10.1. The van der Waals surface area contributed by atoms with Crippen LogP contribution in [0.2, 0.25) is 0 Å². The van der Waals surface area contributed by atoms with Gasteiger partial charge in [0.25, 0.3) is 0 Å². The lowest BCUT2D eigenvalue weighted by Crippen LogP contribution is -2.44. The van der Waals surface area contributed by atoms with E-state index in [1.165, 1.54) is 30.6 Å². The van der Waals surface area contributed by atoms with E-state index in [4.69, 9.17) is 0 Å². The molecule has 3 nitrogen and oxygen atoms in total. The topological polar surface area (TPSA) is 32.3 Å². The van der Waals surface area contributed by atoms with Crippen molar-refractivity contribution in [2.24, 2.45) is 0 Å². The molecule has 0 radical (unpaired) electrons. The van der Waals surface area contributed by atoms with Crippen molar-refractivity contribution in [3.05, 3.63) is 22.4 Å². The Labute approximate surface area is 120 Å². The number of carbonyl (C=O) groups is 1. The molecule has 0 saturated heterocycles. The summed E-state index contributed by atoms with van der Waals surface area (Å²) >= 11 is 1.71. The predicted molar refractivity (Wildman–Crippen MR) is 80.4 cm³/mol. The molecule has 1 aliphatic rings. The highest BCUT2D eigenvalue weighted by Gasteiger charge is 2.18. The lowest BCUT2D eigenvalue weighted by Gasteiger charge is -2.24. The Hall–Kier alpha value is -1.03. The van der Waals surface area contributed by atoms with E-state index < -0.39 is 0 Å². The number of hydrogen-bond donors (Lipinski definition) is 1. The third kappa shape index (κ3) is 4.53. The van der Waals surface area contributed by atoms with E-state index in [9.17, 15) is 4.79 Å². The molecule has 1 aliphatic carbocycles. The molecule has 0 bridgehead atoms. The molecule has 2 amide bonds. The number of amides is 2. The molecule has 106 valence electrons. The van der Waals surface area contributed by atoms with Gasteiger partial charge in [-0.15, -0.1) is 11.3 Å². The summed E-state index contributed by atoms with van der Waals surface area (Å²) in [4.78, 5) is 15.4. The first-order valence-electron chi connectivity index (χ1n) is 7.37. The van der Waals surface area contributed by atoms with E-state index in [1.54, 1.807) is 11.3 Å². The minimum Gasteiger partial charge on any atom is -0.335 e. The van der Waals surface area contributed by atoms with E-state index >= 15 is 0 Å². The number of nitrogens with zero attached hydrogens (tertiary/aromatic N) is 1. The summed E-state index contributed by atoms with van der Waals surface area (Å²) in [6.45, 7) is 3.53. The SMILES string of the molecule is CCN(Cc1cccs1)C(=O)NC1CCCCCC1. The Balaban J connectivity index is 1.85. The Morgan fingerprint density at radius 2 is 2.11 bits per heavy atom. The predicted octanol–water partition coefficient (Wildman–Crippen LogP) is 4.00. The summed E-state index contributed by atoms with van der Waals surface area (Å²) in [6.07, 6.45) is 7.42. The second kappa shape index (κ2) is 7.53. The second-order valence-electron chi connectivity index (χ2n) is 5.23. The summed E-state index contributed by atoms with van der Waals surface area (Å²) in [6, 6.07) is 4.61. The molecule has 1 saturated carbocycles. The standard InChI is InChI=1S/C15H24N2OS/c1-2-17(12-14-10-7-11-19-14)15(18)16-13-8-5-3-4-6-9-13/h7,10-11,13H,2-6,8-9,12H2,1H3,(H,16,18). The maximum atomic E-state index is 12.3. The number of hydrogen-bond acceptors (Lipinski definition) is 2. The third-order valence-corrected chi connectivity index (χ3v) is 4.64. The molecule has 0 atom stereocenters. The van der Waals surface area contributed by atoms with Gasteiger partial charge >= 0.3 is 6.03 Å². The number of nitrogens with one attached hydrogen (secondary N) is 1. The van der Waals surface area contributed by atoms with E-state index in [-0.39, 0.29) is 6.03 Å². The highest BCUT2D eigenvalue weighted by molar-refractivity contribution is 7.09. The van der Waals surface area contributed by atoms with Crippen LogP contribution in [0, 0.1) is 0 Å².